The van der Waals surface area contributed by atoms with Gasteiger partial charge in [0, 0.05) is 43.7 Å². The number of aliphatic hydroxyl groups excluding tert-OH is 1. The minimum atomic E-state index is 0.0530. The van der Waals surface area contributed by atoms with Crippen molar-refractivity contribution in [2.75, 3.05) is 44.4 Å². The SMILES string of the molecule is O=C(CC1CSCCN1)NCCCOCCO. The molecule has 0 aromatic heterocycles. The van der Waals surface area contributed by atoms with Gasteiger partial charge in [-0.15, -0.1) is 0 Å². The number of carbonyl (C=O) groups excluding carboxylic acids is 1. The summed E-state index contributed by atoms with van der Waals surface area (Å²) in [5.41, 5.74) is 0. The van der Waals surface area contributed by atoms with Gasteiger partial charge in [0.2, 0.25) is 5.91 Å². The largest absolute Gasteiger partial charge is 0.394 e. The van der Waals surface area contributed by atoms with E-state index in [0.717, 1.165) is 24.5 Å². The number of amides is 1. The molecule has 0 spiro atoms. The molecule has 1 heterocycles. The summed E-state index contributed by atoms with van der Waals surface area (Å²) in [6.45, 7) is 2.65. The maximum Gasteiger partial charge on any atom is 0.221 e. The van der Waals surface area contributed by atoms with Gasteiger partial charge in [0.05, 0.1) is 13.2 Å². The average molecular weight is 262 g/mol. The summed E-state index contributed by atoms with van der Waals surface area (Å²) in [6.07, 6.45) is 1.35. The molecule has 3 N–H and O–H groups in total. The fraction of sp³-hybridized carbons (Fsp3) is 0.909. The maximum absolute atomic E-state index is 11.6. The van der Waals surface area contributed by atoms with Crippen molar-refractivity contribution < 1.29 is 14.6 Å². The highest BCUT2D eigenvalue weighted by molar-refractivity contribution is 7.99. The molecule has 6 heteroatoms. The van der Waals surface area contributed by atoms with Crippen molar-refractivity contribution in [3.8, 4) is 0 Å². The van der Waals surface area contributed by atoms with Gasteiger partial charge in [-0.05, 0) is 6.42 Å². The molecule has 0 saturated carbocycles. The van der Waals surface area contributed by atoms with Gasteiger partial charge in [-0.1, -0.05) is 0 Å². The van der Waals surface area contributed by atoms with Crippen LogP contribution in [-0.4, -0.2) is 61.5 Å². The Hall–Kier alpha value is -0.300. The second-order valence-corrected chi connectivity index (χ2v) is 5.12. The smallest absolute Gasteiger partial charge is 0.221 e. The van der Waals surface area contributed by atoms with Crippen molar-refractivity contribution in [1.29, 1.82) is 0 Å². The standard InChI is InChI=1S/C11H22N2O3S/c14-4-6-16-5-1-2-13-11(15)8-10-9-17-7-3-12-10/h10,12,14H,1-9H2,(H,13,15). The molecule has 1 atom stereocenters. The van der Waals surface area contributed by atoms with Crippen LogP contribution >= 0.6 is 11.8 Å². The Kier molecular flexibility index (Phi) is 8.42. The predicted octanol–water partition coefficient (Wildman–Crippen LogP) is -0.403. The van der Waals surface area contributed by atoms with Crippen LogP contribution < -0.4 is 10.6 Å². The van der Waals surface area contributed by atoms with Crippen molar-refractivity contribution >= 4 is 17.7 Å². The van der Waals surface area contributed by atoms with E-state index in [-0.39, 0.29) is 12.5 Å². The van der Waals surface area contributed by atoms with Crippen molar-refractivity contribution in [3.05, 3.63) is 0 Å². The molecule has 0 aromatic rings. The number of ether oxygens (including phenoxy) is 1. The Morgan fingerprint density at radius 3 is 3.12 bits per heavy atom. The molecular weight excluding hydrogens is 240 g/mol. The molecule has 1 rings (SSSR count). The number of hydrogen-bond acceptors (Lipinski definition) is 5. The molecule has 1 aliphatic heterocycles. The zero-order valence-electron chi connectivity index (χ0n) is 10.1. The summed E-state index contributed by atoms with van der Waals surface area (Å²) in [4.78, 5) is 11.6. The number of carbonyl (C=O) groups is 1. The molecule has 100 valence electrons. The quantitative estimate of drug-likeness (QED) is 0.519. The first-order valence-electron chi connectivity index (χ1n) is 6.09. The van der Waals surface area contributed by atoms with Crippen LogP contribution in [0.15, 0.2) is 0 Å². The molecule has 5 nitrogen and oxygen atoms in total. The van der Waals surface area contributed by atoms with E-state index in [1.165, 1.54) is 0 Å². The lowest BCUT2D eigenvalue weighted by atomic mass is 10.2. The summed E-state index contributed by atoms with van der Waals surface area (Å²) in [6, 6.07) is 0.319. The van der Waals surface area contributed by atoms with Crippen molar-refractivity contribution in [2.24, 2.45) is 0 Å². The predicted molar refractivity (Wildman–Crippen MR) is 69.3 cm³/mol. The van der Waals surface area contributed by atoms with Gasteiger partial charge < -0.3 is 20.5 Å². The highest BCUT2D eigenvalue weighted by Crippen LogP contribution is 2.09. The summed E-state index contributed by atoms with van der Waals surface area (Å²) < 4.78 is 5.10. The van der Waals surface area contributed by atoms with E-state index < -0.39 is 0 Å². The van der Waals surface area contributed by atoms with E-state index in [2.05, 4.69) is 10.6 Å². The number of thioether (sulfide) groups is 1. The molecule has 0 bridgehead atoms. The van der Waals surface area contributed by atoms with E-state index in [4.69, 9.17) is 9.84 Å². The summed E-state index contributed by atoms with van der Waals surface area (Å²) in [5, 5.41) is 14.7. The van der Waals surface area contributed by atoms with Crippen LogP contribution in [0.3, 0.4) is 0 Å². The van der Waals surface area contributed by atoms with Gasteiger partial charge in [-0.3, -0.25) is 4.79 Å². The van der Waals surface area contributed by atoms with E-state index in [0.29, 0.717) is 32.2 Å². The maximum atomic E-state index is 11.6. The Labute approximate surface area is 107 Å². The van der Waals surface area contributed by atoms with Crippen molar-refractivity contribution in [2.45, 2.75) is 18.9 Å². The van der Waals surface area contributed by atoms with E-state index >= 15 is 0 Å². The topological polar surface area (TPSA) is 70.6 Å². The monoisotopic (exact) mass is 262 g/mol. The lowest BCUT2D eigenvalue weighted by Gasteiger charge is -2.22. The lowest BCUT2D eigenvalue weighted by molar-refractivity contribution is -0.121. The lowest BCUT2D eigenvalue weighted by Crippen LogP contribution is -2.41. The van der Waals surface area contributed by atoms with Gasteiger partial charge in [-0.25, -0.2) is 0 Å². The first kappa shape index (κ1) is 14.8. The van der Waals surface area contributed by atoms with Crippen LogP contribution in [0.1, 0.15) is 12.8 Å². The molecule has 1 amide bonds. The Morgan fingerprint density at radius 1 is 1.53 bits per heavy atom. The second kappa shape index (κ2) is 9.70. The number of rotatable bonds is 8. The zero-order chi connectivity index (χ0) is 12.3. The third-order valence-electron chi connectivity index (χ3n) is 2.45. The minimum absolute atomic E-state index is 0.0530. The average Bonchev–Trinajstić information content (AvgIpc) is 2.35. The van der Waals surface area contributed by atoms with Gasteiger partial charge in [0.15, 0.2) is 0 Å². The van der Waals surface area contributed by atoms with E-state index in [1.54, 1.807) is 0 Å². The number of nitrogens with one attached hydrogen (secondary N) is 2. The van der Waals surface area contributed by atoms with Crippen LogP contribution in [0.25, 0.3) is 0 Å². The summed E-state index contributed by atoms with van der Waals surface area (Å²) in [5.74, 6) is 2.26. The molecule has 0 aliphatic carbocycles. The van der Waals surface area contributed by atoms with E-state index in [9.17, 15) is 4.79 Å². The van der Waals surface area contributed by atoms with Crippen LogP contribution in [0, 0.1) is 0 Å². The normalized spacial score (nSPS) is 20.2. The Morgan fingerprint density at radius 2 is 2.41 bits per heavy atom. The van der Waals surface area contributed by atoms with Gasteiger partial charge in [0.25, 0.3) is 0 Å². The molecule has 1 fully saturated rings. The molecule has 0 aromatic carbocycles. The molecular formula is C11H22N2O3S. The molecule has 0 radical (unpaired) electrons. The van der Waals surface area contributed by atoms with Crippen molar-refractivity contribution in [1.82, 2.24) is 10.6 Å². The highest BCUT2D eigenvalue weighted by Gasteiger charge is 2.15. The van der Waals surface area contributed by atoms with Gasteiger partial charge >= 0.3 is 0 Å². The fourth-order valence-corrected chi connectivity index (χ4v) is 2.56. The van der Waals surface area contributed by atoms with Crippen LogP contribution in [0.2, 0.25) is 0 Å². The zero-order valence-corrected chi connectivity index (χ0v) is 10.9. The Bertz CT molecular complexity index is 211. The molecule has 17 heavy (non-hydrogen) atoms. The van der Waals surface area contributed by atoms with Crippen LogP contribution in [0.4, 0.5) is 0 Å². The summed E-state index contributed by atoms with van der Waals surface area (Å²) in [7, 11) is 0. The molecule has 1 saturated heterocycles. The van der Waals surface area contributed by atoms with Crippen LogP contribution in [0.5, 0.6) is 0 Å². The fourth-order valence-electron chi connectivity index (χ4n) is 1.62. The minimum Gasteiger partial charge on any atom is -0.394 e. The second-order valence-electron chi connectivity index (χ2n) is 3.97. The molecule has 1 unspecified atom stereocenters. The first-order chi connectivity index (χ1) is 8.33. The molecule has 1 aliphatic rings. The third kappa shape index (κ3) is 7.59. The number of aliphatic hydroxyl groups is 1. The number of hydrogen-bond donors (Lipinski definition) is 3. The summed E-state index contributed by atoms with van der Waals surface area (Å²) >= 11 is 1.90. The van der Waals surface area contributed by atoms with Crippen LogP contribution in [-0.2, 0) is 9.53 Å². The van der Waals surface area contributed by atoms with Gasteiger partial charge in [-0.2, -0.15) is 11.8 Å². The van der Waals surface area contributed by atoms with Crippen molar-refractivity contribution in [3.63, 3.8) is 0 Å². The third-order valence-corrected chi connectivity index (χ3v) is 3.58. The van der Waals surface area contributed by atoms with Gasteiger partial charge in [0.1, 0.15) is 0 Å². The highest BCUT2D eigenvalue weighted by atomic mass is 32.2. The first-order valence-corrected chi connectivity index (χ1v) is 7.25. The Balaban J connectivity index is 1.93. The van der Waals surface area contributed by atoms with E-state index in [1.807, 2.05) is 11.8 Å².